The lowest BCUT2D eigenvalue weighted by Gasteiger charge is -2.26. The van der Waals surface area contributed by atoms with Gasteiger partial charge in [0.05, 0.1) is 149 Å². The molecule has 0 atom stereocenters. The van der Waals surface area contributed by atoms with Gasteiger partial charge in [-0.1, -0.05) is 98.4 Å². The Kier molecular flexibility index (Phi) is 54.0. The largest absolute Gasteiger partial charge is 0.481 e. The van der Waals surface area contributed by atoms with Gasteiger partial charge in [0.1, 0.15) is 59.5 Å². The molecule has 0 bridgehead atoms. The lowest BCUT2D eigenvalue weighted by Crippen LogP contribution is -2.36. The average Bonchev–Trinajstić information content (AvgIpc) is 1.80. The summed E-state index contributed by atoms with van der Waals surface area (Å²) in [5.74, 6) is -12.6. The molecular formula is C102H140N2O38. The zero-order chi connectivity index (χ0) is 102. The van der Waals surface area contributed by atoms with Crippen LogP contribution in [0.2, 0.25) is 0 Å². The molecule has 40 nitrogen and oxygen atoms in total. The predicted octanol–water partition coefficient (Wildman–Crippen LogP) is 10.2. The van der Waals surface area contributed by atoms with Crippen LogP contribution in [0.3, 0.4) is 0 Å². The van der Waals surface area contributed by atoms with Crippen LogP contribution in [-0.4, -0.2) is 249 Å². The van der Waals surface area contributed by atoms with E-state index in [0.717, 1.165) is 16.7 Å². The van der Waals surface area contributed by atoms with Crippen molar-refractivity contribution in [3.05, 3.63) is 108 Å². The number of aliphatic hydroxyl groups excluding tert-OH is 2. The van der Waals surface area contributed by atoms with Crippen molar-refractivity contribution < 1.29 is 183 Å². The number of benzene rings is 3. The van der Waals surface area contributed by atoms with Crippen LogP contribution in [0.4, 0.5) is 0 Å². The second kappa shape index (κ2) is 65.5. The second-order valence-electron chi connectivity index (χ2n) is 36.0. The van der Waals surface area contributed by atoms with E-state index < -0.39 is 77.2 Å². The van der Waals surface area contributed by atoms with Gasteiger partial charge in [-0.25, -0.2) is 9.59 Å². The maximum absolute atomic E-state index is 12.4. The molecule has 3 aromatic carbocycles. The highest BCUT2D eigenvalue weighted by molar-refractivity contribution is 6.02. The number of hydrogen-bond donors (Lipinski definition) is 5. The highest BCUT2D eigenvalue weighted by Gasteiger charge is 2.42. The van der Waals surface area contributed by atoms with E-state index in [-0.39, 0.29) is 252 Å². The molecule has 2 saturated heterocycles. The lowest BCUT2D eigenvalue weighted by atomic mass is 9.82. The number of carboxylic acids is 3. The number of aliphatic hydroxyl groups is 2. The summed E-state index contributed by atoms with van der Waals surface area (Å²) in [6, 6.07) is 28.7. The minimum Gasteiger partial charge on any atom is -0.481 e. The van der Waals surface area contributed by atoms with Gasteiger partial charge in [-0.15, -0.1) is 10.1 Å². The number of ether oxygens (including phenoxy) is 13. The normalized spacial score (nSPS) is 23.5. The van der Waals surface area contributed by atoms with Gasteiger partial charge >= 0.3 is 83.6 Å². The third-order valence-corrected chi connectivity index (χ3v) is 26.2. The summed E-state index contributed by atoms with van der Waals surface area (Å²) in [4.78, 5) is 224. The van der Waals surface area contributed by atoms with Crippen LogP contribution >= 0.6 is 0 Å². The number of nitrogens with zero attached hydrogens (tertiary/aromatic N) is 2. The molecule has 2 heterocycles. The number of carbonyl (C=O) groups excluding carboxylic acids is 15. The molecule has 0 spiro atoms. The molecule has 142 heavy (non-hydrogen) atoms. The maximum atomic E-state index is 12.4. The third-order valence-electron chi connectivity index (χ3n) is 26.2. The SMILES string of the molecule is C.O=C(O)C1CCC(C(=O)OCCOCCOC(=O)C2CCC(C(=O)O)CC2)CC1.O=C(O)C1CCC(C(=O)OCc2ccccc2)CC1.O=C(OCCOCCOC(=O)C1CCC(C(=O)OCc2ccccc2)CC1)C1CCC(C(=O)OCc2ccccc2)CC1.O=C(OCCOCCOC(=O)C1CCC(C(=O)ON2C(=O)CCC2=O)CC1)C1CCC(C(=O)ON2C(=O)CCC2=O)CC1.OCCOCCO. The van der Waals surface area contributed by atoms with Crippen LogP contribution < -0.4 is 0 Å². The number of hydrogen-bond acceptors (Lipinski definition) is 35. The number of hydroxylamine groups is 4. The van der Waals surface area contributed by atoms with Crippen LogP contribution in [0.5, 0.6) is 0 Å². The van der Waals surface area contributed by atoms with E-state index in [2.05, 4.69) is 4.74 Å². The molecule has 40 heteroatoms. The van der Waals surface area contributed by atoms with Crippen LogP contribution in [0, 0.1) is 82.9 Å². The number of aliphatic carboxylic acids is 3. The molecule has 4 amide bonds. The van der Waals surface area contributed by atoms with Crippen molar-refractivity contribution in [3.8, 4) is 0 Å². The maximum Gasteiger partial charge on any atom is 0.336 e. The quantitative estimate of drug-likeness (QED) is 0.0152. The highest BCUT2D eigenvalue weighted by Crippen LogP contribution is 2.38. The van der Waals surface area contributed by atoms with Gasteiger partial charge in [-0.05, 0) is 196 Å². The number of rotatable bonds is 44. The first-order valence-electron chi connectivity index (χ1n) is 49.1. The molecule has 9 aliphatic rings. The summed E-state index contributed by atoms with van der Waals surface area (Å²) in [5, 5.41) is 44.1. The fraction of sp³-hybridized carbons (Fsp3) is 0.647. The Bertz CT molecular complexity index is 4170. The molecule has 5 N–H and O–H groups in total. The summed E-state index contributed by atoms with van der Waals surface area (Å²) >= 11 is 0. The molecular weight excluding hydrogens is 1860 g/mol. The molecule has 3 aromatic rings. The molecule has 7 aliphatic carbocycles. The van der Waals surface area contributed by atoms with Crippen LogP contribution in [0.1, 0.15) is 230 Å². The summed E-state index contributed by atoms with van der Waals surface area (Å²) in [5.41, 5.74) is 2.87. The minimum absolute atomic E-state index is 0. The molecule has 0 radical (unpaired) electrons. The molecule has 2 aliphatic heterocycles. The Morgan fingerprint density at radius 3 is 0.542 bits per heavy atom. The lowest BCUT2D eigenvalue weighted by molar-refractivity contribution is -0.201. The van der Waals surface area contributed by atoms with Gasteiger partial charge < -0.3 is 96.8 Å². The zero-order valence-corrected chi connectivity index (χ0v) is 79.9. The Morgan fingerprint density at radius 2 is 0.373 bits per heavy atom. The van der Waals surface area contributed by atoms with Crippen molar-refractivity contribution in [2.45, 2.75) is 233 Å². The van der Waals surface area contributed by atoms with Gasteiger partial charge in [-0.3, -0.25) is 76.7 Å². The topological polar surface area (TPSA) is 553 Å². The Morgan fingerprint density at radius 1 is 0.218 bits per heavy atom. The molecule has 0 aromatic heterocycles. The summed E-state index contributed by atoms with van der Waals surface area (Å²) in [7, 11) is 0. The Balaban J connectivity index is 0.000000259. The van der Waals surface area contributed by atoms with Crippen LogP contribution in [0.15, 0.2) is 91.0 Å². The zero-order valence-electron chi connectivity index (χ0n) is 79.9. The van der Waals surface area contributed by atoms with Gasteiger partial charge in [0.2, 0.25) is 0 Å². The second-order valence-corrected chi connectivity index (χ2v) is 36.0. The van der Waals surface area contributed by atoms with E-state index in [9.17, 15) is 86.3 Å². The van der Waals surface area contributed by atoms with Crippen molar-refractivity contribution in [1.82, 2.24) is 10.1 Å². The van der Waals surface area contributed by atoms with Crippen molar-refractivity contribution >= 4 is 107 Å². The van der Waals surface area contributed by atoms with Crippen LogP contribution in [-0.2, 0) is 177 Å². The van der Waals surface area contributed by atoms with E-state index >= 15 is 0 Å². The number of amides is 4. The minimum atomic E-state index is -0.807. The van der Waals surface area contributed by atoms with Gasteiger partial charge in [-0.2, -0.15) is 0 Å². The first-order valence-corrected chi connectivity index (χ1v) is 49.1. The number of esters is 9. The van der Waals surface area contributed by atoms with E-state index in [1.54, 1.807) is 0 Å². The number of imide groups is 2. The number of carbonyl (C=O) groups is 18. The summed E-state index contributed by atoms with van der Waals surface area (Å²) < 4.78 is 68.4. The van der Waals surface area contributed by atoms with E-state index in [1.807, 2.05) is 91.0 Å². The monoisotopic (exact) mass is 2000 g/mol. The molecule has 12 rings (SSSR count). The fourth-order valence-electron chi connectivity index (χ4n) is 17.6. The Hall–Kier alpha value is -11.7. The smallest absolute Gasteiger partial charge is 0.336 e. The summed E-state index contributed by atoms with van der Waals surface area (Å²) in [6.45, 7) is 3.01. The standard InChI is InChI=1S/C34H42O9.C28H36N2O13.C20H30O9.C15H18O4.C4H10O3.CH4/c35-31(27-11-15-29(16-12-27)33(37)42-23-25-7-3-1-4-8-25)40-21-19-39-20-22-41-32(36)28-13-17-30(18-14-28)34(38)43-24-26-9-5-2-6-10-26;31-21-9-10-22(32)29(21)42-27(37)19-5-1-17(2-6-19)25(35)40-15-13-39-14-16-41-26(36)18-3-7-20(8-4-18)28(38)43-30-23(33)11-12-24(30)34;21-17(22)13-1-5-15(6-2-13)19(25)28-11-9-27-10-12-29-20(26)16-7-3-14(4-8-16)18(23)24;16-14(17)12-6-8-13(9-7-12)15(18)19-10-11-4-2-1-3-5-11;5-1-3-7-4-2-6;/h1-10,27-30H,11-24H2;17-20H,1-16H2;13-16H,1-12H2,(H,21,22)(H,23,24);1-5,12-13H,6-10H2,(H,16,17);5-6H,1-4H2;1H4. The average molecular weight is 2000 g/mol. The van der Waals surface area contributed by atoms with Crippen molar-refractivity contribution in [1.29, 1.82) is 0 Å². The van der Waals surface area contributed by atoms with Gasteiger partial charge in [0, 0.05) is 25.7 Å². The van der Waals surface area contributed by atoms with E-state index in [4.69, 9.17) is 92.1 Å². The summed E-state index contributed by atoms with van der Waals surface area (Å²) in [6.07, 6.45) is 14.5. The first kappa shape index (κ1) is 117. The van der Waals surface area contributed by atoms with Crippen molar-refractivity contribution in [3.63, 3.8) is 0 Å². The van der Waals surface area contributed by atoms with E-state index in [1.165, 1.54) is 0 Å². The molecule has 0 unspecified atom stereocenters. The van der Waals surface area contributed by atoms with Crippen LogP contribution in [0.25, 0.3) is 0 Å². The fourth-order valence-corrected chi connectivity index (χ4v) is 17.6. The van der Waals surface area contributed by atoms with Crippen molar-refractivity contribution in [2.24, 2.45) is 82.9 Å². The van der Waals surface area contributed by atoms with Gasteiger partial charge in [0.25, 0.3) is 23.6 Å². The molecule has 7 saturated carbocycles. The third kappa shape index (κ3) is 42.4. The van der Waals surface area contributed by atoms with E-state index in [0.29, 0.717) is 210 Å². The highest BCUT2D eigenvalue weighted by atomic mass is 16.7. The van der Waals surface area contributed by atoms with Gasteiger partial charge in [0.15, 0.2) is 0 Å². The predicted molar refractivity (Wildman–Crippen MR) is 494 cm³/mol. The number of carboxylic acid groups (broad SMARTS) is 3. The Labute approximate surface area is 825 Å². The van der Waals surface area contributed by atoms with Crippen molar-refractivity contribution in [2.75, 3.05) is 106 Å². The molecule has 9 fully saturated rings. The molecule has 786 valence electrons. The first-order chi connectivity index (χ1) is 68.1.